The Morgan fingerprint density at radius 3 is 2.78 bits per heavy atom. The number of amides is 1. The Hall–Kier alpha value is -3.69. The molecule has 1 aromatic heterocycles. The van der Waals surface area contributed by atoms with Crippen molar-refractivity contribution in [1.82, 2.24) is 4.98 Å². The average Bonchev–Trinajstić information content (AvgIpc) is 3.55. The largest absolute Gasteiger partial charge is 0.507 e. The SMILES string of the molecule is COc1ccc2nc(N3C(=O)C(=O)/C(=C(/O)c4ccc5c(c4)C[C@@H](C)O5)[C@H]3c3cccc(Br)c3)sc2c1. The molecule has 0 spiro atoms. The average molecular weight is 577 g/mol. The van der Waals surface area contributed by atoms with Crippen molar-refractivity contribution in [1.29, 1.82) is 0 Å². The summed E-state index contributed by atoms with van der Waals surface area (Å²) in [5.74, 6) is -0.294. The molecule has 0 aliphatic carbocycles. The zero-order valence-corrected chi connectivity index (χ0v) is 22.3. The molecular formula is C28H21BrN2O5S. The van der Waals surface area contributed by atoms with Gasteiger partial charge in [0.1, 0.15) is 23.4 Å². The van der Waals surface area contributed by atoms with Gasteiger partial charge in [-0.3, -0.25) is 14.5 Å². The smallest absolute Gasteiger partial charge is 0.301 e. The number of anilines is 1. The number of fused-ring (bicyclic) bond motifs is 2. The summed E-state index contributed by atoms with van der Waals surface area (Å²) in [5.41, 5.74) is 2.79. The molecule has 1 amide bonds. The van der Waals surface area contributed by atoms with Crippen LogP contribution in [0.1, 0.15) is 29.7 Å². The highest BCUT2D eigenvalue weighted by Gasteiger charge is 2.48. The first kappa shape index (κ1) is 23.7. The number of Topliss-reactive ketones (excluding diaryl/α,β-unsaturated/α-hetero) is 1. The van der Waals surface area contributed by atoms with Crippen LogP contribution in [0.3, 0.4) is 0 Å². The van der Waals surface area contributed by atoms with E-state index in [1.54, 1.807) is 25.3 Å². The Labute approximate surface area is 225 Å². The fourth-order valence-electron chi connectivity index (χ4n) is 4.87. The van der Waals surface area contributed by atoms with Crippen molar-refractivity contribution in [3.63, 3.8) is 0 Å². The number of halogens is 1. The van der Waals surface area contributed by atoms with Gasteiger partial charge >= 0.3 is 5.91 Å². The molecule has 1 fully saturated rings. The number of aromatic nitrogens is 1. The van der Waals surface area contributed by atoms with Gasteiger partial charge in [-0.1, -0.05) is 39.4 Å². The van der Waals surface area contributed by atoms with Gasteiger partial charge in [-0.15, -0.1) is 0 Å². The van der Waals surface area contributed by atoms with E-state index in [1.807, 2.05) is 49.4 Å². The lowest BCUT2D eigenvalue weighted by atomic mass is 9.94. The predicted octanol–water partition coefficient (Wildman–Crippen LogP) is 6.02. The number of rotatable bonds is 4. The van der Waals surface area contributed by atoms with E-state index < -0.39 is 17.7 Å². The van der Waals surface area contributed by atoms with Crippen LogP contribution in [0.15, 0.2) is 70.7 Å². The molecule has 0 bridgehead atoms. The van der Waals surface area contributed by atoms with E-state index in [9.17, 15) is 14.7 Å². The quantitative estimate of drug-likeness (QED) is 0.181. The molecule has 2 aliphatic heterocycles. The van der Waals surface area contributed by atoms with Gasteiger partial charge in [-0.05, 0) is 66.6 Å². The van der Waals surface area contributed by atoms with Crippen molar-refractivity contribution < 1.29 is 24.2 Å². The highest BCUT2D eigenvalue weighted by atomic mass is 79.9. The summed E-state index contributed by atoms with van der Waals surface area (Å²) in [6.07, 6.45) is 0.743. The fraction of sp³-hybridized carbons (Fsp3) is 0.179. The van der Waals surface area contributed by atoms with Crippen LogP contribution in [0.4, 0.5) is 5.13 Å². The number of benzene rings is 3. The van der Waals surface area contributed by atoms with Crippen LogP contribution in [-0.4, -0.2) is 35.0 Å². The molecule has 1 saturated heterocycles. The lowest BCUT2D eigenvalue weighted by Gasteiger charge is -2.23. The predicted molar refractivity (Wildman–Crippen MR) is 145 cm³/mol. The monoisotopic (exact) mass is 576 g/mol. The third kappa shape index (κ3) is 3.98. The Kier molecular flexibility index (Phi) is 5.77. The topological polar surface area (TPSA) is 89.0 Å². The van der Waals surface area contributed by atoms with Crippen molar-refractivity contribution in [3.8, 4) is 11.5 Å². The Morgan fingerprint density at radius 2 is 2.00 bits per heavy atom. The molecule has 0 saturated carbocycles. The summed E-state index contributed by atoms with van der Waals surface area (Å²) < 4.78 is 12.7. The number of methoxy groups -OCH3 is 1. The minimum Gasteiger partial charge on any atom is -0.507 e. The second-order valence-electron chi connectivity index (χ2n) is 9.01. The molecule has 6 rings (SSSR count). The number of hydrogen-bond acceptors (Lipinski definition) is 7. The maximum absolute atomic E-state index is 13.5. The first-order valence-corrected chi connectivity index (χ1v) is 13.3. The molecule has 4 aromatic rings. The highest BCUT2D eigenvalue weighted by Crippen LogP contribution is 2.45. The van der Waals surface area contributed by atoms with Gasteiger partial charge in [0.05, 0.1) is 28.9 Å². The standard InChI is InChI=1S/C28H21BrN2O5S/c1-14-10-17-11-16(6-9-21(17)36-14)25(32)23-24(15-4-3-5-18(29)12-15)31(27(34)26(23)33)28-30-20-8-7-19(35-2)13-22(20)37-28/h3-9,11-14,24,32H,10H2,1-2H3/b25-23+/t14-,24-/m1/s1. The number of ether oxygens (including phenoxy) is 2. The Bertz CT molecular complexity index is 1630. The first-order chi connectivity index (χ1) is 17.8. The van der Waals surface area contributed by atoms with E-state index in [4.69, 9.17) is 9.47 Å². The summed E-state index contributed by atoms with van der Waals surface area (Å²) in [6.45, 7) is 1.98. The number of ketones is 1. The number of thiazole rings is 1. The van der Waals surface area contributed by atoms with Gasteiger partial charge < -0.3 is 14.6 Å². The lowest BCUT2D eigenvalue weighted by molar-refractivity contribution is -0.132. The molecule has 37 heavy (non-hydrogen) atoms. The number of hydrogen-bond donors (Lipinski definition) is 1. The molecule has 2 atom stereocenters. The van der Waals surface area contributed by atoms with Crippen LogP contribution < -0.4 is 14.4 Å². The summed E-state index contributed by atoms with van der Waals surface area (Å²) >= 11 is 4.78. The number of aliphatic hydroxyl groups excluding tert-OH is 1. The minimum atomic E-state index is -0.858. The normalized spacial score (nSPS) is 20.4. The molecule has 9 heteroatoms. The fourth-order valence-corrected chi connectivity index (χ4v) is 6.31. The van der Waals surface area contributed by atoms with Gasteiger partial charge in [-0.25, -0.2) is 4.98 Å². The van der Waals surface area contributed by atoms with Crippen LogP contribution in [0.2, 0.25) is 0 Å². The van der Waals surface area contributed by atoms with E-state index in [2.05, 4.69) is 20.9 Å². The van der Waals surface area contributed by atoms with E-state index in [0.29, 0.717) is 33.9 Å². The molecule has 3 heterocycles. The summed E-state index contributed by atoms with van der Waals surface area (Å²) in [5, 5.41) is 11.8. The second kappa shape index (κ2) is 9.00. The molecule has 1 N–H and O–H groups in total. The van der Waals surface area contributed by atoms with Crippen molar-refractivity contribution in [2.45, 2.75) is 25.5 Å². The number of carbonyl (C=O) groups excluding carboxylic acids is 2. The van der Waals surface area contributed by atoms with Crippen LogP contribution in [0, 0.1) is 0 Å². The van der Waals surface area contributed by atoms with E-state index in [0.717, 1.165) is 20.5 Å². The lowest BCUT2D eigenvalue weighted by Crippen LogP contribution is -2.29. The first-order valence-electron chi connectivity index (χ1n) is 11.6. The van der Waals surface area contributed by atoms with E-state index in [-0.39, 0.29) is 17.4 Å². The van der Waals surface area contributed by atoms with Crippen LogP contribution in [-0.2, 0) is 16.0 Å². The van der Waals surface area contributed by atoms with E-state index in [1.165, 1.54) is 16.2 Å². The zero-order valence-electron chi connectivity index (χ0n) is 19.9. The van der Waals surface area contributed by atoms with Crippen LogP contribution in [0.5, 0.6) is 11.5 Å². The Morgan fingerprint density at radius 1 is 1.16 bits per heavy atom. The van der Waals surface area contributed by atoms with Gasteiger partial charge in [-0.2, -0.15) is 0 Å². The van der Waals surface area contributed by atoms with E-state index >= 15 is 0 Å². The third-order valence-corrected chi connectivity index (χ3v) is 8.08. The molecule has 0 unspecified atom stereocenters. The second-order valence-corrected chi connectivity index (χ2v) is 10.9. The zero-order chi connectivity index (χ0) is 25.8. The van der Waals surface area contributed by atoms with Crippen molar-refractivity contribution in [2.75, 3.05) is 12.0 Å². The molecule has 3 aromatic carbocycles. The van der Waals surface area contributed by atoms with Crippen molar-refractivity contribution >= 4 is 60.1 Å². The summed E-state index contributed by atoms with van der Waals surface area (Å²) in [6, 6.07) is 17.3. The maximum atomic E-state index is 13.5. The van der Waals surface area contributed by atoms with Crippen molar-refractivity contribution in [3.05, 3.63) is 87.4 Å². The number of nitrogens with zero attached hydrogens (tertiary/aromatic N) is 2. The van der Waals surface area contributed by atoms with Crippen LogP contribution >= 0.6 is 27.3 Å². The van der Waals surface area contributed by atoms with Gasteiger partial charge in [0.25, 0.3) is 5.78 Å². The molecule has 7 nitrogen and oxygen atoms in total. The van der Waals surface area contributed by atoms with Gasteiger partial charge in [0.2, 0.25) is 0 Å². The minimum absolute atomic E-state index is 0.0202. The van der Waals surface area contributed by atoms with Gasteiger partial charge in [0, 0.05) is 16.5 Å². The molecule has 0 radical (unpaired) electrons. The molecular weight excluding hydrogens is 556 g/mol. The maximum Gasteiger partial charge on any atom is 0.301 e. The van der Waals surface area contributed by atoms with Gasteiger partial charge in [0.15, 0.2) is 5.13 Å². The highest BCUT2D eigenvalue weighted by molar-refractivity contribution is 9.10. The third-order valence-electron chi connectivity index (χ3n) is 6.57. The number of aliphatic hydroxyl groups is 1. The molecule has 186 valence electrons. The summed E-state index contributed by atoms with van der Waals surface area (Å²) in [7, 11) is 1.58. The Balaban J connectivity index is 1.53. The number of carbonyl (C=O) groups is 2. The van der Waals surface area contributed by atoms with Crippen LogP contribution in [0.25, 0.3) is 16.0 Å². The summed E-state index contributed by atoms with van der Waals surface area (Å²) in [4.78, 5) is 33.0. The van der Waals surface area contributed by atoms with Crippen molar-refractivity contribution in [2.24, 2.45) is 0 Å². The molecule has 2 aliphatic rings.